The van der Waals surface area contributed by atoms with E-state index in [-0.39, 0.29) is 31.0 Å². The number of urea groups is 1. The highest BCUT2D eigenvalue weighted by atomic mass is 16.4. The lowest BCUT2D eigenvalue weighted by molar-refractivity contribution is -0.139. The lowest BCUT2D eigenvalue weighted by Gasteiger charge is -2.18. The zero-order valence-electron chi connectivity index (χ0n) is 15.0. The number of unbranched alkanes of at least 4 members (excludes halogenated alkanes) is 1. The molecule has 0 saturated heterocycles. The Morgan fingerprint density at radius 2 is 1.42 bits per heavy atom. The molecule has 5 N–H and O–H groups in total. The first-order chi connectivity index (χ1) is 12.2. The molecule has 10 nitrogen and oxygen atoms in total. The molecule has 0 aliphatic rings. The lowest BCUT2D eigenvalue weighted by atomic mass is 10.1. The van der Waals surface area contributed by atoms with E-state index in [0.717, 1.165) is 0 Å². The number of aliphatic carboxylic acids is 2. The number of carboxylic acids is 2. The second-order valence-electron chi connectivity index (χ2n) is 5.84. The Kier molecular flexibility index (Phi) is 11.4. The molecule has 0 rings (SSSR count). The first-order valence-corrected chi connectivity index (χ1v) is 8.46. The van der Waals surface area contributed by atoms with Crippen LogP contribution in [0.15, 0.2) is 0 Å². The SMILES string of the molecule is CCC(=O)NCCCCC(NC(=O)NC(CCC(C)=O)C(=O)O)C(=O)O. The van der Waals surface area contributed by atoms with E-state index in [2.05, 4.69) is 16.0 Å². The number of rotatable bonds is 13. The van der Waals surface area contributed by atoms with Crippen molar-refractivity contribution in [2.45, 2.75) is 64.5 Å². The van der Waals surface area contributed by atoms with Crippen molar-refractivity contribution in [3.8, 4) is 0 Å². The largest absolute Gasteiger partial charge is 0.480 e. The van der Waals surface area contributed by atoms with Crippen molar-refractivity contribution in [3.05, 3.63) is 0 Å². The number of carbonyl (C=O) groups is 5. The second kappa shape index (κ2) is 12.7. The van der Waals surface area contributed by atoms with Crippen molar-refractivity contribution in [3.63, 3.8) is 0 Å². The third kappa shape index (κ3) is 11.0. The van der Waals surface area contributed by atoms with Gasteiger partial charge in [-0.25, -0.2) is 14.4 Å². The van der Waals surface area contributed by atoms with E-state index in [0.29, 0.717) is 25.8 Å². The molecule has 0 radical (unpaired) electrons. The minimum absolute atomic E-state index is 0.0108. The summed E-state index contributed by atoms with van der Waals surface area (Å²) in [6.45, 7) is 3.44. The van der Waals surface area contributed by atoms with E-state index in [4.69, 9.17) is 10.2 Å². The molecule has 0 bridgehead atoms. The van der Waals surface area contributed by atoms with Gasteiger partial charge < -0.3 is 31.0 Å². The van der Waals surface area contributed by atoms with Gasteiger partial charge in [-0.2, -0.15) is 0 Å². The summed E-state index contributed by atoms with van der Waals surface area (Å²) in [4.78, 5) is 56.2. The number of nitrogens with one attached hydrogen (secondary N) is 3. The molecule has 0 aromatic carbocycles. The quantitative estimate of drug-likeness (QED) is 0.289. The van der Waals surface area contributed by atoms with Crippen LogP contribution < -0.4 is 16.0 Å². The number of carbonyl (C=O) groups excluding carboxylic acids is 3. The average molecular weight is 373 g/mol. The fourth-order valence-corrected chi connectivity index (χ4v) is 2.05. The van der Waals surface area contributed by atoms with Crippen LogP contribution in [0.3, 0.4) is 0 Å². The highest BCUT2D eigenvalue weighted by Gasteiger charge is 2.24. The smallest absolute Gasteiger partial charge is 0.326 e. The first-order valence-electron chi connectivity index (χ1n) is 8.46. The van der Waals surface area contributed by atoms with Gasteiger partial charge >= 0.3 is 18.0 Å². The third-order valence-electron chi connectivity index (χ3n) is 3.55. The van der Waals surface area contributed by atoms with Crippen molar-refractivity contribution in [2.75, 3.05) is 6.54 Å². The van der Waals surface area contributed by atoms with E-state index in [1.807, 2.05) is 0 Å². The molecule has 0 heterocycles. The molecule has 0 saturated carbocycles. The predicted molar refractivity (Wildman–Crippen MR) is 91.6 cm³/mol. The Balaban J connectivity index is 4.39. The molecule has 26 heavy (non-hydrogen) atoms. The number of hydrogen-bond acceptors (Lipinski definition) is 5. The molecule has 0 aromatic rings. The Hall–Kier alpha value is -2.65. The van der Waals surface area contributed by atoms with Crippen LogP contribution in [0.2, 0.25) is 0 Å². The predicted octanol–water partition coefficient (Wildman–Crippen LogP) is 0.258. The van der Waals surface area contributed by atoms with E-state index >= 15 is 0 Å². The van der Waals surface area contributed by atoms with Gasteiger partial charge in [-0.15, -0.1) is 0 Å². The molecule has 3 amide bonds. The summed E-state index contributed by atoms with van der Waals surface area (Å²) in [7, 11) is 0. The molecular weight excluding hydrogens is 346 g/mol. The average Bonchev–Trinajstić information content (AvgIpc) is 2.56. The summed E-state index contributed by atoms with van der Waals surface area (Å²) >= 11 is 0. The monoisotopic (exact) mass is 373 g/mol. The molecule has 0 aliphatic carbocycles. The molecule has 0 fully saturated rings. The highest BCUT2D eigenvalue weighted by molar-refractivity contribution is 5.86. The zero-order chi connectivity index (χ0) is 20.1. The second-order valence-corrected chi connectivity index (χ2v) is 5.84. The van der Waals surface area contributed by atoms with Crippen molar-refractivity contribution in [2.24, 2.45) is 0 Å². The van der Waals surface area contributed by atoms with Gasteiger partial charge in [-0.1, -0.05) is 6.92 Å². The summed E-state index contributed by atoms with van der Waals surface area (Å²) in [5.74, 6) is -2.85. The Morgan fingerprint density at radius 1 is 0.885 bits per heavy atom. The number of carboxylic acid groups (broad SMARTS) is 2. The van der Waals surface area contributed by atoms with Crippen LogP contribution >= 0.6 is 0 Å². The maximum absolute atomic E-state index is 11.8. The van der Waals surface area contributed by atoms with Gasteiger partial charge in [0, 0.05) is 19.4 Å². The Morgan fingerprint density at radius 3 is 1.88 bits per heavy atom. The van der Waals surface area contributed by atoms with Gasteiger partial charge in [-0.05, 0) is 32.6 Å². The Labute approximate surface area is 151 Å². The van der Waals surface area contributed by atoms with Crippen LogP contribution in [0.5, 0.6) is 0 Å². The summed E-state index contributed by atoms with van der Waals surface area (Å²) < 4.78 is 0. The number of Topliss-reactive ketones (excluding diaryl/α,β-unsaturated/α-hetero) is 1. The maximum atomic E-state index is 11.8. The summed E-state index contributed by atoms with van der Waals surface area (Å²) in [5, 5.41) is 25.2. The van der Waals surface area contributed by atoms with Gasteiger partial charge in [-0.3, -0.25) is 4.79 Å². The van der Waals surface area contributed by atoms with E-state index < -0.39 is 30.1 Å². The summed E-state index contributed by atoms with van der Waals surface area (Å²) in [6.07, 6.45) is 1.42. The van der Waals surface area contributed by atoms with Crippen molar-refractivity contribution < 1.29 is 34.2 Å². The van der Waals surface area contributed by atoms with Crippen molar-refractivity contribution in [1.29, 1.82) is 0 Å². The van der Waals surface area contributed by atoms with Crippen LogP contribution in [0.1, 0.15) is 52.4 Å². The van der Waals surface area contributed by atoms with E-state index in [1.54, 1.807) is 6.92 Å². The zero-order valence-corrected chi connectivity index (χ0v) is 15.0. The molecule has 0 aliphatic heterocycles. The normalized spacial score (nSPS) is 12.5. The van der Waals surface area contributed by atoms with Crippen LogP contribution in [0.25, 0.3) is 0 Å². The standard InChI is InChI=1S/C16H27N3O7/c1-3-13(21)17-9-5-4-6-11(14(22)23)18-16(26)19-12(15(24)25)8-7-10(2)20/h11-12H,3-9H2,1-2H3,(H,17,21)(H,22,23)(H,24,25)(H2,18,19,26). The fourth-order valence-electron chi connectivity index (χ4n) is 2.05. The molecule has 0 aromatic heterocycles. The van der Waals surface area contributed by atoms with Crippen molar-refractivity contribution in [1.82, 2.24) is 16.0 Å². The number of hydrogen-bond donors (Lipinski definition) is 5. The number of amides is 3. The molecule has 2 unspecified atom stereocenters. The van der Waals surface area contributed by atoms with Crippen LogP contribution in [-0.4, -0.2) is 58.5 Å². The van der Waals surface area contributed by atoms with Crippen LogP contribution in [-0.2, 0) is 19.2 Å². The molecule has 10 heteroatoms. The number of ketones is 1. The van der Waals surface area contributed by atoms with Gasteiger partial charge in [0.05, 0.1) is 0 Å². The van der Waals surface area contributed by atoms with Gasteiger partial charge in [0.25, 0.3) is 0 Å². The topological polar surface area (TPSA) is 162 Å². The minimum Gasteiger partial charge on any atom is -0.480 e. The van der Waals surface area contributed by atoms with Crippen LogP contribution in [0, 0.1) is 0 Å². The summed E-state index contributed by atoms with van der Waals surface area (Å²) in [5.41, 5.74) is 0. The molecule has 148 valence electrons. The maximum Gasteiger partial charge on any atom is 0.326 e. The Bertz CT molecular complexity index is 522. The molecule has 0 spiro atoms. The van der Waals surface area contributed by atoms with E-state index in [9.17, 15) is 24.0 Å². The highest BCUT2D eigenvalue weighted by Crippen LogP contribution is 2.03. The third-order valence-corrected chi connectivity index (χ3v) is 3.55. The molecular formula is C16H27N3O7. The lowest BCUT2D eigenvalue weighted by Crippen LogP contribution is -2.51. The first kappa shape index (κ1) is 23.4. The van der Waals surface area contributed by atoms with Crippen LogP contribution in [0.4, 0.5) is 4.79 Å². The minimum atomic E-state index is -1.31. The summed E-state index contributed by atoms with van der Waals surface area (Å²) in [6, 6.07) is -3.38. The van der Waals surface area contributed by atoms with E-state index in [1.165, 1.54) is 6.92 Å². The van der Waals surface area contributed by atoms with Crippen molar-refractivity contribution >= 4 is 29.7 Å². The van der Waals surface area contributed by atoms with Gasteiger partial charge in [0.2, 0.25) is 5.91 Å². The van der Waals surface area contributed by atoms with Gasteiger partial charge in [0.1, 0.15) is 17.9 Å². The fraction of sp³-hybridized carbons (Fsp3) is 0.688. The van der Waals surface area contributed by atoms with Gasteiger partial charge in [0.15, 0.2) is 0 Å². The molecule has 2 atom stereocenters.